The number of carbonyl (C=O) groups is 1. The minimum atomic E-state index is -3.77. The van der Waals surface area contributed by atoms with Gasteiger partial charge < -0.3 is 5.32 Å². The van der Waals surface area contributed by atoms with E-state index < -0.39 is 10.0 Å². The molecule has 150 valence electrons. The van der Waals surface area contributed by atoms with Crippen molar-refractivity contribution in [1.29, 1.82) is 0 Å². The molecule has 0 saturated carbocycles. The summed E-state index contributed by atoms with van der Waals surface area (Å²) in [6, 6.07) is 21.9. The Morgan fingerprint density at radius 1 is 0.966 bits per heavy atom. The van der Waals surface area contributed by atoms with E-state index in [0.717, 1.165) is 9.87 Å². The molecule has 1 amide bonds. The number of hydrogen-bond donors (Lipinski definition) is 1. The molecule has 0 unspecified atom stereocenters. The highest BCUT2D eigenvalue weighted by Crippen LogP contribution is 2.24. The Hall–Kier alpha value is -2.83. The van der Waals surface area contributed by atoms with Crippen molar-refractivity contribution in [2.24, 2.45) is 0 Å². The molecule has 0 fully saturated rings. The SMILES string of the molecule is C[C@H](NC(=O)c1cccc(N(C)S(=O)(=O)c2ccc(Cl)cc2)c1)c1ccccc1. The first kappa shape index (κ1) is 20.9. The topological polar surface area (TPSA) is 66.5 Å². The number of rotatable bonds is 6. The zero-order valence-electron chi connectivity index (χ0n) is 16.0. The minimum absolute atomic E-state index is 0.122. The van der Waals surface area contributed by atoms with Gasteiger partial charge in [0.15, 0.2) is 0 Å². The fourth-order valence-electron chi connectivity index (χ4n) is 2.85. The van der Waals surface area contributed by atoms with Crippen LogP contribution in [0.1, 0.15) is 28.9 Å². The van der Waals surface area contributed by atoms with E-state index >= 15 is 0 Å². The number of amides is 1. The number of halogens is 1. The molecule has 1 N–H and O–H groups in total. The van der Waals surface area contributed by atoms with E-state index in [1.54, 1.807) is 24.3 Å². The van der Waals surface area contributed by atoms with Gasteiger partial charge in [0.2, 0.25) is 0 Å². The predicted molar refractivity (Wildman–Crippen MR) is 116 cm³/mol. The highest BCUT2D eigenvalue weighted by molar-refractivity contribution is 7.92. The van der Waals surface area contributed by atoms with Crippen molar-refractivity contribution in [3.63, 3.8) is 0 Å². The number of carbonyl (C=O) groups excluding carboxylic acids is 1. The molecule has 7 heteroatoms. The molecule has 0 radical (unpaired) electrons. The van der Waals surface area contributed by atoms with E-state index in [1.165, 1.54) is 31.3 Å². The summed E-state index contributed by atoms with van der Waals surface area (Å²) in [4.78, 5) is 12.8. The maximum atomic E-state index is 12.9. The Morgan fingerprint density at radius 2 is 1.62 bits per heavy atom. The van der Waals surface area contributed by atoms with Crippen LogP contribution in [0.2, 0.25) is 5.02 Å². The minimum Gasteiger partial charge on any atom is -0.346 e. The largest absolute Gasteiger partial charge is 0.346 e. The van der Waals surface area contributed by atoms with Crippen molar-refractivity contribution in [3.8, 4) is 0 Å². The second-order valence-corrected chi connectivity index (χ2v) is 8.99. The third-order valence-electron chi connectivity index (χ3n) is 4.59. The summed E-state index contributed by atoms with van der Waals surface area (Å²) < 4.78 is 26.9. The monoisotopic (exact) mass is 428 g/mol. The van der Waals surface area contributed by atoms with Gasteiger partial charge in [0.05, 0.1) is 16.6 Å². The van der Waals surface area contributed by atoms with E-state index in [9.17, 15) is 13.2 Å². The number of nitrogens with one attached hydrogen (secondary N) is 1. The summed E-state index contributed by atoms with van der Waals surface area (Å²) in [5.41, 5.74) is 1.75. The van der Waals surface area contributed by atoms with Crippen molar-refractivity contribution in [1.82, 2.24) is 5.32 Å². The molecule has 3 aromatic carbocycles. The fraction of sp³-hybridized carbons (Fsp3) is 0.136. The van der Waals surface area contributed by atoms with Crippen molar-refractivity contribution in [2.75, 3.05) is 11.4 Å². The molecule has 0 aliphatic heterocycles. The summed E-state index contributed by atoms with van der Waals surface area (Å²) in [5, 5.41) is 3.39. The maximum absolute atomic E-state index is 12.9. The molecular formula is C22H21ClN2O3S. The highest BCUT2D eigenvalue weighted by Gasteiger charge is 2.22. The smallest absolute Gasteiger partial charge is 0.264 e. The van der Waals surface area contributed by atoms with E-state index in [4.69, 9.17) is 11.6 Å². The molecule has 0 bridgehead atoms. The fourth-order valence-corrected chi connectivity index (χ4v) is 4.16. The first-order valence-corrected chi connectivity index (χ1v) is 10.8. The van der Waals surface area contributed by atoms with E-state index in [1.807, 2.05) is 37.3 Å². The third-order valence-corrected chi connectivity index (χ3v) is 6.64. The number of nitrogens with zero attached hydrogens (tertiary/aromatic N) is 1. The molecule has 0 aliphatic carbocycles. The van der Waals surface area contributed by atoms with Crippen LogP contribution in [0.4, 0.5) is 5.69 Å². The van der Waals surface area contributed by atoms with Gasteiger partial charge >= 0.3 is 0 Å². The summed E-state index contributed by atoms with van der Waals surface area (Å²) in [7, 11) is -2.32. The summed E-state index contributed by atoms with van der Waals surface area (Å²) in [5.74, 6) is -0.277. The van der Waals surface area contributed by atoms with Crippen molar-refractivity contribution in [2.45, 2.75) is 17.9 Å². The number of anilines is 1. The lowest BCUT2D eigenvalue weighted by atomic mass is 10.1. The lowest BCUT2D eigenvalue weighted by Crippen LogP contribution is -2.28. The normalized spacial score (nSPS) is 12.2. The van der Waals surface area contributed by atoms with Crippen LogP contribution in [-0.4, -0.2) is 21.4 Å². The second kappa shape index (κ2) is 8.68. The quantitative estimate of drug-likeness (QED) is 0.621. The number of hydrogen-bond acceptors (Lipinski definition) is 3. The Balaban J connectivity index is 1.81. The average Bonchev–Trinajstić information content (AvgIpc) is 2.74. The van der Waals surface area contributed by atoms with Gasteiger partial charge in [-0.2, -0.15) is 0 Å². The molecule has 0 spiro atoms. The number of benzene rings is 3. The van der Waals surface area contributed by atoms with Crippen molar-refractivity contribution < 1.29 is 13.2 Å². The molecule has 3 rings (SSSR count). The Kier molecular flexibility index (Phi) is 6.25. The Bertz CT molecular complexity index is 1100. The lowest BCUT2D eigenvalue weighted by Gasteiger charge is -2.20. The molecule has 0 heterocycles. The summed E-state index contributed by atoms with van der Waals surface area (Å²) in [6.45, 7) is 1.90. The third kappa shape index (κ3) is 4.78. The van der Waals surface area contributed by atoms with Crippen LogP contribution in [0.25, 0.3) is 0 Å². The van der Waals surface area contributed by atoms with Crippen LogP contribution >= 0.6 is 11.6 Å². The molecule has 29 heavy (non-hydrogen) atoms. The number of sulfonamides is 1. The molecule has 0 saturated heterocycles. The molecule has 5 nitrogen and oxygen atoms in total. The average molecular weight is 429 g/mol. The highest BCUT2D eigenvalue weighted by atomic mass is 35.5. The second-order valence-electron chi connectivity index (χ2n) is 6.58. The zero-order chi connectivity index (χ0) is 21.0. The van der Waals surface area contributed by atoms with Gasteiger partial charge in [-0.15, -0.1) is 0 Å². The van der Waals surface area contributed by atoms with E-state index in [0.29, 0.717) is 16.3 Å². The molecule has 0 aliphatic rings. The first-order chi connectivity index (χ1) is 13.8. The lowest BCUT2D eigenvalue weighted by molar-refractivity contribution is 0.0940. The van der Waals surface area contributed by atoms with Gasteiger partial charge in [-0.05, 0) is 55.0 Å². The van der Waals surface area contributed by atoms with Crippen LogP contribution in [0, 0.1) is 0 Å². The first-order valence-electron chi connectivity index (χ1n) is 8.99. The van der Waals surface area contributed by atoms with E-state index in [2.05, 4.69) is 5.32 Å². The van der Waals surface area contributed by atoms with E-state index in [-0.39, 0.29) is 16.8 Å². The van der Waals surface area contributed by atoms with Gasteiger partial charge in [0.25, 0.3) is 15.9 Å². The molecular weight excluding hydrogens is 408 g/mol. The van der Waals surface area contributed by atoms with Crippen LogP contribution in [0.3, 0.4) is 0 Å². The van der Waals surface area contributed by atoms with Gasteiger partial charge in [0, 0.05) is 17.6 Å². The van der Waals surface area contributed by atoms with Crippen LogP contribution in [-0.2, 0) is 10.0 Å². The van der Waals surface area contributed by atoms with Gasteiger partial charge in [-0.3, -0.25) is 9.10 Å². The van der Waals surface area contributed by atoms with Gasteiger partial charge in [-0.1, -0.05) is 48.0 Å². The van der Waals surface area contributed by atoms with Crippen molar-refractivity contribution >= 4 is 33.2 Å². The molecule has 3 aromatic rings. The van der Waals surface area contributed by atoms with Gasteiger partial charge in [0.1, 0.15) is 0 Å². The maximum Gasteiger partial charge on any atom is 0.264 e. The Labute approximate surface area is 176 Å². The summed E-state index contributed by atoms with van der Waals surface area (Å²) >= 11 is 5.85. The van der Waals surface area contributed by atoms with Crippen LogP contribution < -0.4 is 9.62 Å². The summed E-state index contributed by atoms with van der Waals surface area (Å²) in [6.07, 6.45) is 0. The molecule has 1 atom stereocenters. The standard InChI is InChI=1S/C22H21ClN2O3S/c1-16(17-7-4-3-5-8-17)24-22(26)18-9-6-10-20(15-18)25(2)29(27,28)21-13-11-19(23)12-14-21/h3-16H,1-2H3,(H,24,26)/t16-/m0/s1. The zero-order valence-corrected chi connectivity index (χ0v) is 17.6. The Morgan fingerprint density at radius 3 is 2.28 bits per heavy atom. The molecule has 0 aromatic heterocycles. The van der Waals surface area contributed by atoms with Crippen molar-refractivity contribution in [3.05, 3.63) is 95.0 Å². The van der Waals surface area contributed by atoms with Gasteiger partial charge in [-0.25, -0.2) is 8.42 Å². The van der Waals surface area contributed by atoms with Crippen LogP contribution in [0.5, 0.6) is 0 Å². The predicted octanol–water partition coefficient (Wildman–Crippen LogP) is 4.66. The van der Waals surface area contributed by atoms with Crippen LogP contribution in [0.15, 0.2) is 83.8 Å².